The molecule has 2 atom stereocenters. The molecule has 1 saturated carbocycles. The van der Waals surface area contributed by atoms with Crippen molar-refractivity contribution in [3.63, 3.8) is 0 Å². The number of esters is 1. The van der Waals surface area contributed by atoms with Crippen LogP contribution in [0.2, 0.25) is 0 Å². The fourth-order valence-electron chi connectivity index (χ4n) is 2.59. The van der Waals surface area contributed by atoms with Crippen LogP contribution in [0.5, 0.6) is 5.75 Å². The maximum atomic E-state index is 11.9. The van der Waals surface area contributed by atoms with Crippen LogP contribution in [0, 0.1) is 5.92 Å². The van der Waals surface area contributed by atoms with Gasteiger partial charge in [-0.1, -0.05) is 12.1 Å². The van der Waals surface area contributed by atoms with E-state index in [0.717, 1.165) is 12.8 Å². The standard InChI is InChI=1S/C17H20N2O5/c1-10(11-6-7-11)18-15(20)9-23-16(21)8-14-17(22)19-12-4-2-3-5-13(12)24-14/h2-5,10-11,14H,6-9H2,1H3,(H,18,20)(H,19,22)/t10-,14-/m1/s1. The molecular weight excluding hydrogens is 312 g/mol. The Hall–Kier alpha value is -2.57. The Balaban J connectivity index is 1.45. The molecule has 2 amide bonds. The molecule has 24 heavy (non-hydrogen) atoms. The van der Waals surface area contributed by atoms with Gasteiger partial charge in [0, 0.05) is 6.04 Å². The third-order valence-corrected chi connectivity index (χ3v) is 4.14. The summed E-state index contributed by atoms with van der Waals surface area (Å²) in [7, 11) is 0. The quantitative estimate of drug-likeness (QED) is 0.764. The lowest BCUT2D eigenvalue weighted by molar-refractivity contribution is -0.151. The van der Waals surface area contributed by atoms with Crippen LogP contribution in [0.15, 0.2) is 24.3 Å². The minimum absolute atomic E-state index is 0.0974. The van der Waals surface area contributed by atoms with Gasteiger partial charge in [0.25, 0.3) is 11.8 Å². The van der Waals surface area contributed by atoms with E-state index in [1.165, 1.54) is 0 Å². The number of para-hydroxylation sites is 2. The van der Waals surface area contributed by atoms with Gasteiger partial charge in [0.15, 0.2) is 12.7 Å². The first-order valence-electron chi connectivity index (χ1n) is 8.04. The zero-order chi connectivity index (χ0) is 17.1. The van der Waals surface area contributed by atoms with Crippen molar-refractivity contribution in [2.45, 2.75) is 38.3 Å². The summed E-state index contributed by atoms with van der Waals surface area (Å²) >= 11 is 0. The van der Waals surface area contributed by atoms with E-state index in [0.29, 0.717) is 17.4 Å². The lowest BCUT2D eigenvalue weighted by Gasteiger charge is -2.25. The molecule has 128 valence electrons. The Labute approximate surface area is 139 Å². The molecule has 0 unspecified atom stereocenters. The number of anilines is 1. The first-order chi connectivity index (χ1) is 11.5. The number of carbonyl (C=O) groups is 3. The molecule has 7 nitrogen and oxygen atoms in total. The Morgan fingerprint density at radius 3 is 2.88 bits per heavy atom. The van der Waals surface area contributed by atoms with Crippen LogP contribution in [0.3, 0.4) is 0 Å². The number of carbonyl (C=O) groups excluding carboxylic acids is 3. The molecule has 0 saturated heterocycles. The fraction of sp³-hybridized carbons (Fsp3) is 0.471. The highest BCUT2D eigenvalue weighted by Gasteiger charge is 2.31. The smallest absolute Gasteiger partial charge is 0.310 e. The van der Waals surface area contributed by atoms with E-state index in [-0.39, 0.29) is 25.0 Å². The Bertz CT molecular complexity index is 656. The minimum Gasteiger partial charge on any atom is -0.478 e. The molecule has 0 radical (unpaired) electrons. The van der Waals surface area contributed by atoms with E-state index < -0.39 is 18.0 Å². The number of nitrogens with one attached hydrogen (secondary N) is 2. The molecule has 2 N–H and O–H groups in total. The normalized spacial score (nSPS) is 20.2. The van der Waals surface area contributed by atoms with Crippen LogP contribution in [0.1, 0.15) is 26.2 Å². The SMILES string of the molecule is C[C@@H](NC(=O)COC(=O)C[C@H]1Oc2ccccc2NC1=O)C1CC1. The zero-order valence-corrected chi connectivity index (χ0v) is 13.4. The Kier molecular flexibility index (Phi) is 4.69. The van der Waals surface area contributed by atoms with Gasteiger partial charge in [0.05, 0.1) is 12.1 Å². The summed E-state index contributed by atoms with van der Waals surface area (Å²) < 4.78 is 10.4. The molecule has 0 spiro atoms. The second kappa shape index (κ2) is 6.90. The molecule has 7 heteroatoms. The van der Waals surface area contributed by atoms with Crippen molar-refractivity contribution < 1.29 is 23.9 Å². The van der Waals surface area contributed by atoms with Crippen molar-refractivity contribution in [2.75, 3.05) is 11.9 Å². The van der Waals surface area contributed by atoms with Gasteiger partial charge >= 0.3 is 5.97 Å². The first-order valence-corrected chi connectivity index (χ1v) is 8.04. The van der Waals surface area contributed by atoms with E-state index in [1.807, 2.05) is 6.92 Å². The number of hydrogen-bond acceptors (Lipinski definition) is 5. The minimum atomic E-state index is -0.958. The van der Waals surface area contributed by atoms with Crippen LogP contribution in [-0.2, 0) is 19.1 Å². The summed E-state index contributed by atoms with van der Waals surface area (Å²) in [6.45, 7) is 1.59. The van der Waals surface area contributed by atoms with Crippen molar-refractivity contribution >= 4 is 23.5 Å². The van der Waals surface area contributed by atoms with Crippen molar-refractivity contribution in [3.05, 3.63) is 24.3 Å². The van der Waals surface area contributed by atoms with Gasteiger partial charge in [-0.2, -0.15) is 0 Å². The second-order valence-corrected chi connectivity index (χ2v) is 6.15. The van der Waals surface area contributed by atoms with Crippen LogP contribution in [0.4, 0.5) is 5.69 Å². The molecule has 0 aromatic heterocycles. The third-order valence-electron chi connectivity index (χ3n) is 4.14. The van der Waals surface area contributed by atoms with Crippen LogP contribution in [0.25, 0.3) is 0 Å². The largest absolute Gasteiger partial charge is 0.478 e. The number of rotatable bonds is 6. The van der Waals surface area contributed by atoms with E-state index >= 15 is 0 Å². The highest BCUT2D eigenvalue weighted by atomic mass is 16.5. The predicted molar refractivity (Wildman–Crippen MR) is 85.4 cm³/mol. The van der Waals surface area contributed by atoms with Gasteiger partial charge in [-0.05, 0) is 37.8 Å². The van der Waals surface area contributed by atoms with E-state index in [1.54, 1.807) is 24.3 Å². The molecular formula is C17H20N2O5. The molecule has 1 aliphatic heterocycles. The third kappa shape index (κ3) is 4.04. The molecule has 1 aliphatic carbocycles. The number of amides is 2. The highest BCUT2D eigenvalue weighted by molar-refractivity contribution is 5.99. The number of ether oxygens (including phenoxy) is 2. The Morgan fingerprint density at radius 2 is 2.12 bits per heavy atom. The maximum Gasteiger partial charge on any atom is 0.310 e. The van der Waals surface area contributed by atoms with Crippen molar-refractivity contribution in [1.29, 1.82) is 0 Å². The monoisotopic (exact) mass is 332 g/mol. The fourth-order valence-corrected chi connectivity index (χ4v) is 2.59. The molecule has 1 aromatic rings. The molecule has 2 aliphatic rings. The molecule has 1 heterocycles. The average Bonchev–Trinajstić information content (AvgIpc) is 3.38. The first kappa shape index (κ1) is 16.3. The zero-order valence-electron chi connectivity index (χ0n) is 13.4. The van der Waals surface area contributed by atoms with Crippen molar-refractivity contribution in [3.8, 4) is 5.75 Å². The molecule has 3 rings (SSSR count). The summed E-state index contributed by atoms with van der Waals surface area (Å²) in [4.78, 5) is 35.5. The molecule has 1 aromatic carbocycles. The van der Waals surface area contributed by atoms with Gasteiger partial charge in [-0.25, -0.2) is 0 Å². The number of benzene rings is 1. The maximum absolute atomic E-state index is 11.9. The second-order valence-electron chi connectivity index (χ2n) is 6.15. The van der Waals surface area contributed by atoms with Crippen molar-refractivity contribution in [1.82, 2.24) is 5.32 Å². The van der Waals surface area contributed by atoms with E-state index in [4.69, 9.17) is 9.47 Å². The van der Waals surface area contributed by atoms with Crippen LogP contribution < -0.4 is 15.4 Å². The van der Waals surface area contributed by atoms with Gasteiger partial charge in [0.1, 0.15) is 5.75 Å². The lowest BCUT2D eigenvalue weighted by atomic mass is 10.1. The topological polar surface area (TPSA) is 93.7 Å². The molecule has 0 bridgehead atoms. The van der Waals surface area contributed by atoms with Crippen LogP contribution >= 0.6 is 0 Å². The van der Waals surface area contributed by atoms with E-state index in [9.17, 15) is 14.4 Å². The van der Waals surface area contributed by atoms with E-state index in [2.05, 4.69) is 10.6 Å². The van der Waals surface area contributed by atoms with Gasteiger partial charge in [-0.3, -0.25) is 14.4 Å². The van der Waals surface area contributed by atoms with Gasteiger partial charge in [-0.15, -0.1) is 0 Å². The Morgan fingerprint density at radius 1 is 1.38 bits per heavy atom. The predicted octanol–water partition coefficient (Wildman–Crippen LogP) is 1.23. The summed E-state index contributed by atoms with van der Waals surface area (Å²) in [5.74, 6) is -0.349. The summed E-state index contributed by atoms with van der Waals surface area (Å²) in [6, 6.07) is 7.07. The lowest BCUT2D eigenvalue weighted by Crippen LogP contribution is -2.40. The average molecular weight is 332 g/mol. The van der Waals surface area contributed by atoms with Gasteiger partial charge in [0.2, 0.25) is 0 Å². The van der Waals surface area contributed by atoms with Gasteiger partial charge < -0.3 is 20.1 Å². The summed E-state index contributed by atoms with van der Waals surface area (Å²) in [6.07, 6.45) is 1.04. The number of hydrogen-bond donors (Lipinski definition) is 2. The van der Waals surface area contributed by atoms with Crippen molar-refractivity contribution in [2.24, 2.45) is 5.92 Å². The summed E-state index contributed by atoms with van der Waals surface area (Å²) in [5, 5.41) is 5.47. The number of fused-ring (bicyclic) bond motifs is 1. The summed E-state index contributed by atoms with van der Waals surface area (Å²) in [5.41, 5.74) is 0.570. The highest BCUT2D eigenvalue weighted by Crippen LogP contribution is 2.32. The van der Waals surface area contributed by atoms with Crippen LogP contribution in [-0.4, -0.2) is 36.5 Å². The molecule has 1 fully saturated rings.